The minimum atomic E-state index is -3.78. The highest BCUT2D eigenvalue weighted by Gasteiger charge is 2.39. The second-order valence-corrected chi connectivity index (χ2v) is 10.1. The molecule has 3 rings (SSSR count). The van der Waals surface area contributed by atoms with E-state index in [1.54, 1.807) is 0 Å². The van der Waals surface area contributed by atoms with E-state index in [-0.39, 0.29) is 34.6 Å². The van der Waals surface area contributed by atoms with Gasteiger partial charge < -0.3 is 15.4 Å². The fraction of sp³-hybridized carbons (Fsp3) is 0.526. The number of halogens is 1. The number of amides is 4. The zero-order valence-electron chi connectivity index (χ0n) is 17.3. The van der Waals surface area contributed by atoms with Gasteiger partial charge >= 0.3 is 6.03 Å². The van der Waals surface area contributed by atoms with Crippen LogP contribution in [0.5, 0.6) is 0 Å². The van der Waals surface area contributed by atoms with Gasteiger partial charge in [0.1, 0.15) is 12.6 Å². The molecule has 170 valence electrons. The van der Waals surface area contributed by atoms with Crippen LogP contribution < -0.4 is 10.6 Å². The van der Waals surface area contributed by atoms with Crippen molar-refractivity contribution in [1.29, 1.82) is 0 Å². The Kier molecular flexibility index (Phi) is 7.20. The molecule has 0 aromatic heterocycles. The molecule has 2 fully saturated rings. The van der Waals surface area contributed by atoms with Gasteiger partial charge in [0.05, 0.1) is 28.8 Å². The van der Waals surface area contributed by atoms with E-state index in [1.807, 2.05) is 13.8 Å². The van der Waals surface area contributed by atoms with Gasteiger partial charge in [-0.25, -0.2) is 13.2 Å². The quantitative estimate of drug-likeness (QED) is 0.575. The van der Waals surface area contributed by atoms with Crippen molar-refractivity contribution in [3.05, 3.63) is 23.2 Å². The fourth-order valence-corrected chi connectivity index (χ4v) is 4.99. The number of nitrogens with zero attached hydrogens (tertiary/aromatic N) is 2. The SMILES string of the molecule is CC(C)C[C@@H]1NC(=O)N(CC(=O)Nc2cc(S(=O)(=O)N3CCOCC3)ccc2Cl)C1=O. The molecule has 10 nitrogen and oxygen atoms in total. The second-order valence-electron chi connectivity index (χ2n) is 7.76. The van der Waals surface area contributed by atoms with Gasteiger partial charge in [0.2, 0.25) is 15.9 Å². The third-order valence-electron chi connectivity index (χ3n) is 4.94. The lowest BCUT2D eigenvalue weighted by Gasteiger charge is -2.26. The third kappa shape index (κ3) is 5.35. The largest absolute Gasteiger partial charge is 0.379 e. The highest BCUT2D eigenvalue weighted by Crippen LogP contribution is 2.27. The van der Waals surface area contributed by atoms with Gasteiger partial charge in [-0.15, -0.1) is 0 Å². The molecule has 1 aromatic rings. The standard InChI is InChI=1S/C19H25ClN4O6S/c1-12(2)9-16-18(26)24(19(27)22-16)11-17(25)21-15-10-13(3-4-14(15)20)31(28,29)23-5-7-30-8-6-23/h3-4,10,12,16H,5-9,11H2,1-2H3,(H,21,25)(H,22,27)/t16-/m0/s1. The Hall–Kier alpha value is -2.21. The number of morpholine rings is 1. The zero-order chi connectivity index (χ0) is 22.8. The summed E-state index contributed by atoms with van der Waals surface area (Å²) in [5.41, 5.74) is 0.0757. The number of hydrogen-bond donors (Lipinski definition) is 2. The summed E-state index contributed by atoms with van der Waals surface area (Å²) in [6.45, 7) is 4.42. The molecule has 0 aliphatic carbocycles. The first kappa shape index (κ1) is 23.5. The molecule has 0 unspecified atom stereocenters. The summed E-state index contributed by atoms with van der Waals surface area (Å²) >= 11 is 6.13. The first-order chi connectivity index (χ1) is 14.6. The summed E-state index contributed by atoms with van der Waals surface area (Å²) in [7, 11) is -3.78. The molecule has 2 N–H and O–H groups in total. The average molecular weight is 473 g/mol. The number of nitrogens with one attached hydrogen (secondary N) is 2. The van der Waals surface area contributed by atoms with Gasteiger partial charge in [-0.3, -0.25) is 14.5 Å². The predicted octanol–water partition coefficient (Wildman–Crippen LogP) is 1.27. The molecule has 12 heteroatoms. The van der Waals surface area contributed by atoms with Crippen molar-refractivity contribution in [2.75, 3.05) is 38.2 Å². The minimum absolute atomic E-state index is 0.0268. The molecule has 1 atom stereocenters. The molecule has 0 radical (unpaired) electrons. The van der Waals surface area contributed by atoms with Crippen molar-refractivity contribution in [2.45, 2.75) is 31.2 Å². The number of urea groups is 1. The number of sulfonamides is 1. The summed E-state index contributed by atoms with van der Waals surface area (Å²) in [6.07, 6.45) is 0.468. The number of hydrogen-bond acceptors (Lipinski definition) is 6. The molecule has 0 spiro atoms. The highest BCUT2D eigenvalue weighted by molar-refractivity contribution is 7.89. The van der Waals surface area contributed by atoms with E-state index in [2.05, 4.69) is 10.6 Å². The Bertz CT molecular complexity index is 978. The van der Waals surface area contributed by atoms with Crippen LogP contribution >= 0.6 is 11.6 Å². The Balaban J connectivity index is 1.71. The number of benzene rings is 1. The lowest BCUT2D eigenvalue weighted by molar-refractivity contribution is -0.131. The van der Waals surface area contributed by atoms with Gasteiger partial charge in [0, 0.05) is 13.1 Å². The normalized spacial score (nSPS) is 20.3. The zero-order valence-corrected chi connectivity index (χ0v) is 18.8. The summed E-state index contributed by atoms with van der Waals surface area (Å²) in [6, 6.07) is 2.69. The van der Waals surface area contributed by atoms with E-state index in [0.717, 1.165) is 4.90 Å². The maximum Gasteiger partial charge on any atom is 0.325 e. The number of carbonyl (C=O) groups is 3. The molecule has 2 saturated heterocycles. The van der Waals surface area contributed by atoms with Gasteiger partial charge in [-0.1, -0.05) is 25.4 Å². The van der Waals surface area contributed by atoms with E-state index in [0.29, 0.717) is 19.6 Å². The number of rotatable bonds is 7. The Morgan fingerprint density at radius 3 is 2.61 bits per heavy atom. The van der Waals surface area contributed by atoms with Crippen LogP contribution in [0.2, 0.25) is 5.02 Å². The summed E-state index contributed by atoms with van der Waals surface area (Å²) in [4.78, 5) is 37.8. The molecule has 2 aliphatic rings. The smallest absolute Gasteiger partial charge is 0.325 e. The van der Waals surface area contributed by atoms with Gasteiger partial charge in [0.15, 0.2) is 0 Å². The van der Waals surface area contributed by atoms with Crippen LogP contribution in [0.4, 0.5) is 10.5 Å². The Labute approximate surface area is 185 Å². The molecule has 2 aliphatic heterocycles. The molecule has 0 bridgehead atoms. The fourth-order valence-electron chi connectivity index (χ4n) is 3.39. The van der Waals surface area contributed by atoms with Crippen molar-refractivity contribution in [2.24, 2.45) is 5.92 Å². The monoisotopic (exact) mass is 472 g/mol. The second kappa shape index (κ2) is 9.51. The summed E-state index contributed by atoms with van der Waals surface area (Å²) in [5, 5.41) is 5.19. The van der Waals surface area contributed by atoms with Gasteiger partial charge in [-0.2, -0.15) is 4.31 Å². The van der Waals surface area contributed by atoms with Crippen LogP contribution in [0.3, 0.4) is 0 Å². The number of anilines is 1. The van der Waals surface area contributed by atoms with E-state index >= 15 is 0 Å². The van der Waals surface area contributed by atoms with Gasteiger partial charge in [-0.05, 0) is 30.5 Å². The van der Waals surface area contributed by atoms with Crippen LogP contribution in [0.15, 0.2) is 23.1 Å². The number of ether oxygens (including phenoxy) is 1. The van der Waals surface area contributed by atoms with E-state index in [4.69, 9.17) is 16.3 Å². The third-order valence-corrected chi connectivity index (χ3v) is 7.16. The molecule has 2 heterocycles. The molecule has 31 heavy (non-hydrogen) atoms. The van der Waals surface area contributed by atoms with Crippen molar-refractivity contribution in [3.63, 3.8) is 0 Å². The van der Waals surface area contributed by atoms with E-state index < -0.39 is 40.5 Å². The molecule has 0 saturated carbocycles. The van der Waals surface area contributed by atoms with E-state index in [1.165, 1.54) is 22.5 Å². The molecular weight excluding hydrogens is 448 g/mol. The maximum atomic E-state index is 12.8. The Morgan fingerprint density at radius 2 is 1.97 bits per heavy atom. The number of imide groups is 1. The van der Waals surface area contributed by atoms with Crippen LogP contribution in [0.25, 0.3) is 0 Å². The first-order valence-electron chi connectivity index (χ1n) is 9.88. The maximum absolute atomic E-state index is 12.8. The van der Waals surface area contributed by atoms with E-state index in [9.17, 15) is 22.8 Å². The van der Waals surface area contributed by atoms with Crippen LogP contribution in [-0.4, -0.2) is 74.4 Å². The van der Waals surface area contributed by atoms with Crippen LogP contribution in [0, 0.1) is 5.92 Å². The van der Waals surface area contributed by atoms with Crippen molar-refractivity contribution in [1.82, 2.24) is 14.5 Å². The minimum Gasteiger partial charge on any atom is -0.379 e. The van der Waals surface area contributed by atoms with Crippen molar-refractivity contribution >= 4 is 45.2 Å². The summed E-state index contributed by atoms with van der Waals surface area (Å²) in [5.74, 6) is -0.946. The topological polar surface area (TPSA) is 125 Å². The lowest BCUT2D eigenvalue weighted by Crippen LogP contribution is -2.40. The van der Waals surface area contributed by atoms with Gasteiger partial charge in [0.25, 0.3) is 5.91 Å². The average Bonchev–Trinajstić information content (AvgIpc) is 2.97. The van der Waals surface area contributed by atoms with Crippen LogP contribution in [0.1, 0.15) is 20.3 Å². The summed E-state index contributed by atoms with van der Waals surface area (Å²) < 4.78 is 32.2. The number of carbonyl (C=O) groups excluding carboxylic acids is 3. The lowest BCUT2D eigenvalue weighted by atomic mass is 10.0. The first-order valence-corrected chi connectivity index (χ1v) is 11.7. The molecular formula is C19H25ClN4O6S. The van der Waals surface area contributed by atoms with Crippen molar-refractivity contribution < 1.29 is 27.5 Å². The highest BCUT2D eigenvalue weighted by atomic mass is 35.5. The van der Waals surface area contributed by atoms with Crippen molar-refractivity contribution in [3.8, 4) is 0 Å². The van der Waals surface area contributed by atoms with Crippen LogP contribution in [-0.2, 0) is 24.3 Å². The Morgan fingerprint density at radius 1 is 1.29 bits per heavy atom. The predicted molar refractivity (Wildman–Crippen MR) is 113 cm³/mol. The molecule has 4 amide bonds. The molecule has 1 aromatic carbocycles.